The van der Waals surface area contributed by atoms with Crippen LogP contribution < -0.4 is 10.1 Å². The zero-order valence-corrected chi connectivity index (χ0v) is 21.5. The van der Waals surface area contributed by atoms with Crippen molar-refractivity contribution in [2.75, 3.05) is 13.2 Å². The fourth-order valence-electron chi connectivity index (χ4n) is 5.02. The van der Waals surface area contributed by atoms with Gasteiger partial charge in [-0.1, -0.05) is 6.07 Å². The van der Waals surface area contributed by atoms with E-state index in [1.165, 1.54) is 13.3 Å². The molecule has 2 aliphatic rings. The molecule has 0 radical (unpaired) electrons. The lowest BCUT2D eigenvalue weighted by molar-refractivity contribution is -0.139. The number of fused-ring (bicyclic) bond motifs is 1. The van der Waals surface area contributed by atoms with Crippen molar-refractivity contribution in [2.24, 2.45) is 5.92 Å². The maximum Gasteiger partial charge on any atom is 0.255 e. The number of aromatic nitrogens is 3. The van der Waals surface area contributed by atoms with Crippen molar-refractivity contribution < 1.29 is 23.8 Å². The van der Waals surface area contributed by atoms with Gasteiger partial charge in [0.2, 0.25) is 0 Å². The lowest BCUT2D eigenvalue weighted by atomic mass is 10.0. The molecule has 1 aliphatic heterocycles. The fourth-order valence-corrected chi connectivity index (χ4v) is 5.02. The number of halogens is 1. The number of likely N-dealkylation sites (tertiary alicyclic amines) is 1. The molecule has 1 aromatic carbocycles. The summed E-state index contributed by atoms with van der Waals surface area (Å²) in [6, 6.07) is 3.07. The molecule has 1 saturated carbocycles. The first-order valence-corrected chi connectivity index (χ1v) is 12.7. The number of carbonyl (C=O) groups excluding carboxylic acids is 2. The van der Waals surface area contributed by atoms with E-state index < -0.39 is 11.9 Å². The number of nitrogens with one attached hydrogen (secondary N) is 2. The van der Waals surface area contributed by atoms with Crippen LogP contribution in [0.15, 0.2) is 18.5 Å². The SMILES string of the molecule is Cc1ccc(OCC2CC2)c(-c2ncnc3c(C(=O)N[C@H]4C[C@H](C)N(C(=O)[C@H](C)O)C4)c(C)[nH]c23)c1F. The number of aryl methyl sites for hydroxylation is 2. The minimum atomic E-state index is -1.09. The van der Waals surface area contributed by atoms with E-state index in [1.54, 1.807) is 30.9 Å². The number of ether oxygens (including phenoxy) is 1. The summed E-state index contributed by atoms with van der Waals surface area (Å²) in [5.74, 6) is -0.210. The first-order chi connectivity index (χ1) is 17.7. The van der Waals surface area contributed by atoms with Crippen LogP contribution in [0.2, 0.25) is 0 Å². The fraction of sp³-hybridized carbons (Fsp3) is 0.481. The Balaban J connectivity index is 1.47. The van der Waals surface area contributed by atoms with Crippen LogP contribution in [-0.4, -0.2) is 68.1 Å². The third-order valence-electron chi connectivity index (χ3n) is 7.25. The highest BCUT2D eigenvalue weighted by molar-refractivity contribution is 6.09. The van der Waals surface area contributed by atoms with Gasteiger partial charge in [-0.3, -0.25) is 9.59 Å². The number of amides is 2. The lowest BCUT2D eigenvalue weighted by Crippen LogP contribution is -2.42. The molecule has 0 bridgehead atoms. The molecule has 2 aromatic heterocycles. The van der Waals surface area contributed by atoms with Gasteiger partial charge in [0.05, 0.1) is 23.3 Å². The van der Waals surface area contributed by atoms with E-state index in [0.717, 1.165) is 12.8 Å². The van der Waals surface area contributed by atoms with Gasteiger partial charge in [0, 0.05) is 24.3 Å². The standard InChI is InChI=1S/C27H32FN5O4/c1-13-5-8-19(37-11-17-6-7-17)21(22(13)28)24-25-23(29-12-30-24)20(15(3)31-25)26(35)32-18-9-14(2)33(10-18)27(36)16(4)34/h5,8,12,14,16-18,31,34H,6-7,9-11H2,1-4H3,(H,32,35)/t14-,16-,18-/m0/s1. The number of aromatic amines is 1. The van der Waals surface area contributed by atoms with E-state index in [4.69, 9.17) is 4.74 Å². The minimum Gasteiger partial charge on any atom is -0.492 e. The normalized spacial score (nSPS) is 20.3. The predicted molar refractivity (Wildman–Crippen MR) is 136 cm³/mol. The molecule has 3 heterocycles. The van der Waals surface area contributed by atoms with E-state index in [-0.39, 0.29) is 29.5 Å². The van der Waals surface area contributed by atoms with E-state index in [1.807, 2.05) is 6.92 Å². The average molecular weight is 510 g/mol. The molecule has 3 atom stereocenters. The Morgan fingerprint density at radius 1 is 1.30 bits per heavy atom. The maximum atomic E-state index is 15.5. The third-order valence-corrected chi connectivity index (χ3v) is 7.25. The quantitative estimate of drug-likeness (QED) is 0.450. The molecule has 10 heteroatoms. The van der Waals surface area contributed by atoms with Gasteiger partial charge >= 0.3 is 0 Å². The van der Waals surface area contributed by atoms with Crippen LogP contribution in [0, 0.1) is 25.6 Å². The van der Waals surface area contributed by atoms with E-state index in [9.17, 15) is 14.7 Å². The highest BCUT2D eigenvalue weighted by Crippen LogP contribution is 2.39. The van der Waals surface area contributed by atoms with Crippen LogP contribution in [0.25, 0.3) is 22.3 Å². The molecule has 3 aromatic rings. The molecule has 2 fully saturated rings. The first-order valence-electron chi connectivity index (χ1n) is 12.7. The van der Waals surface area contributed by atoms with Gasteiger partial charge in [-0.2, -0.15) is 0 Å². The molecule has 9 nitrogen and oxygen atoms in total. The van der Waals surface area contributed by atoms with Crippen molar-refractivity contribution in [2.45, 2.75) is 65.1 Å². The molecule has 5 rings (SSSR count). The van der Waals surface area contributed by atoms with Crippen molar-refractivity contribution in [1.29, 1.82) is 0 Å². The average Bonchev–Trinajstić information content (AvgIpc) is 3.52. The molecule has 1 aliphatic carbocycles. The van der Waals surface area contributed by atoms with Crippen molar-refractivity contribution in [3.05, 3.63) is 41.1 Å². The van der Waals surface area contributed by atoms with E-state index in [0.29, 0.717) is 64.8 Å². The summed E-state index contributed by atoms with van der Waals surface area (Å²) in [7, 11) is 0. The summed E-state index contributed by atoms with van der Waals surface area (Å²) >= 11 is 0. The minimum absolute atomic E-state index is 0.108. The highest BCUT2D eigenvalue weighted by atomic mass is 19.1. The Bertz CT molecular complexity index is 1370. The van der Waals surface area contributed by atoms with Gasteiger partial charge in [-0.15, -0.1) is 0 Å². The van der Waals surface area contributed by atoms with Crippen LogP contribution in [0.1, 0.15) is 54.7 Å². The smallest absolute Gasteiger partial charge is 0.255 e. The van der Waals surface area contributed by atoms with Gasteiger partial charge < -0.3 is 25.0 Å². The largest absolute Gasteiger partial charge is 0.492 e. The number of hydrogen-bond acceptors (Lipinski definition) is 6. The third kappa shape index (κ3) is 4.77. The molecular weight excluding hydrogens is 477 g/mol. The number of nitrogens with zero attached hydrogens (tertiary/aromatic N) is 3. The second kappa shape index (κ2) is 9.74. The lowest BCUT2D eigenvalue weighted by Gasteiger charge is -2.22. The Labute approximate surface area is 214 Å². The predicted octanol–water partition coefficient (Wildman–Crippen LogP) is 3.27. The topological polar surface area (TPSA) is 120 Å². The summed E-state index contributed by atoms with van der Waals surface area (Å²) in [5.41, 5.74) is 2.81. The molecular formula is C27H32FN5O4. The van der Waals surface area contributed by atoms with Gasteiger partial charge in [-0.05, 0) is 64.5 Å². The number of H-pyrrole nitrogens is 1. The molecule has 196 valence electrons. The van der Waals surface area contributed by atoms with E-state index >= 15 is 4.39 Å². The molecule has 0 spiro atoms. The number of carbonyl (C=O) groups is 2. The number of hydrogen-bond donors (Lipinski definition) is 3. The Kier molecular flexibility index (Phi) is 6.61. The summed E-state index contributed by atoms with van der Waals surface area (Å²) in [6.07, 6.45) is 3.03. The van der Waals surface area contributed by atoms with Crippen molar-refractivity contribution in [1.82, 2.24) is 25.2 Å². The summed E-state index contributed by atoms with van der Waals surface area (Å²) < 4.78 is 21.5. The summed E-state index contributed by atoms with van der Waals surface area (Å²) in [5, 5.41) is 12.7. The van der Waals surface area contributed by atoms with Gasteiger partial charge in [0.1, 0.15) is 35.2 Å². The van der Waals surface area contributed by atoms with E-state index in [2.05, 4.69) is 20.3 Å². The summed E-state index contributed by atoms with van der Waals surface area (Å²) in [6.45, 7) is 7.62. The number of aliphatic hydroxyl groups is 1. The molecule has 2 amide bonds. The number of aliphatic hydroxyl groups excluding tert-OH is 1. The van der Waals surface area contributed by atoms with Crippen LogP contribution in [-0.2, 0) is 4.79 Å². The Hall–Kier alpha value is -3.53. The van der Waals surface area contributed by atoms with Crippen molar-refractivity contribution in [3.63, 3.8) is 0 Å². The van der Waals surface area contributed by atoms with Crippen LogP contribution in [0.3, 0.4) is 0 Å². The molecule has 3 N–H and O–H groups in total. The summed E-state index contributed by atoms with van der Waals surface area (Å²) in [4.78, 5) is 39.2. The number of rotatable bonds is 7. The van der Waals surface area contributed by atoms with Crippen LogP contribution in [0.4, 0.5) is 4.39 Å². The molecule has 37 heavy (non-hydrogen) atoms. The molecule has 1 saturated heterocycles. The Morgan fingerprint density at radius 2 is 2.05 bits per heavy atom. The first kappa shape index (κ1) is 25.1. The van der Waals surface area contributed by atoms with Gasteiger partial charge in [-0.25, -0.2) is 14.4 Å². The monoisotopic (exact) mass is 509 g/mol. The van der Waals surface area contributed by atoms with Gasteiger partial charge in [0.25, 0.3) is 11.8 Å². The zero-order chi connectivity index (χ0) is 26.4. The van der Waals surface area contributed by atoms with Gasteiger partial charge in [0.15, 0.2) is 0 Å². The highest BCUT2D eigenvalue weighted by Gasteiger charge is 2.35. The number of benzene rings is 1. The maximum absolute atomic E-state index is 15.5. The van der Waals surface area contributed by atoms with Crippen LogP contribution in [0.5, 0.6) is 5.75 Å². The van der Waals surface area contributed by atoms with Crippen molar-refractivity contribution >= 4 is 22.8 Å². The molecule has 0 unspecified atom stereocenters. The zero-order valence-electron chi connectivity index (χ0n) is 21.5. The Morgan fingerprint density at radius 3 is 2.76 bits per heavy atom. The second-order valence-corrected chi connectivity index (χ2v) is 10.3. The van der Waals surface area contributed by atoms with Crippen molar-refractivity contribution in [3.8, 4) is 17.0 Å². The second-order valence-electron chi connectivity index (χ2n) is 10.3. The van der Waals surface area contributed by atoms with Crippen LogP contribution >= 0.6 is 0 Å².